The molecule has 20 heavy (non-hydrogen) atoms. The number of rotatable bonds is 4. The van der Waals surface area contributed by atoms with Crippen molar-refractivity contribution in [3.8, 4) is 0 Å². The number of nitrogen functional groups attached to an aromatic ring is 1. The van der Waals surface area contributed by atoms with E-state index in [4.69, 9.17) is 5.73 Å². The maximum absolute atomic E-state index is 13.7. The number of anilines is 1. The van der Waals surface area contributed by atoms with Crippen molar-refractivity contribution in [1.29, 1.82) is 0 Å². The number of aromatic nitrogens is 1. The summed E-state index contributed by atoms with van der Waals surface area (Å²) in [4.78, 5) is 17.0. The maximum Gasteiger partial charge on any atom is 0.257 e. The fourth-order valence-corrected chi connectivity index (χ4v) is 2.42. The number of carbonyl (C=O) groups is 1. The molecule has 1 aromatic heterocycles. The summed E-state index contributed by atoms with van der Waals surface area (Å²) in [7, 11) is 0. The minimum atomic E-state index is -1.05. The lowest BCUT2D eigenvalue weighted by Gasteiger charge is -2.07. The number of hydrogen-bond donors (Lipinski definition) is 2. The Hall–Kier alpha value is -2.02. The van der Waals surface area contributed by atoms with Gasteiger partial charge in [-0.15, -0.1) is 11.3 Å². The summed E-state index contributed by atoms with van der Waals surface area (Å²) in [5.74, 6) is -2.83. The monoisotopic (exact) mass is 297 g/mol. The summed E-state index contributed by atoms with van der Waals surface area (Å²) in [5, 5.41) is 3.12. The molecule has 106 valence electrons. The number of nitrogens with zero attached hydrogens (tertiary/aromatic N) is 1. The second-order valence-corrected chi connectivity index (χ2v) is 5.28. The van der Waals surface area contributed by atoms with Crippen molar-refractivity contribution in [2.24, 2.45) is 0 Å². The molecule has 0 aliphatic carbocycles. The molecule has 0 aliphatic heterocycles. The van der Waals surface area contributed by atoms with E-state index in [1.807, 2.05) is 6.92 Å². The molecule has 2 rings (SSSR count). The Morgan fingerprint density at radius 2 is 2.20 bits per heavy atom. The summed E-state index contributed by atoms with van der Waals surface area (Å²) in [6, 6.07) is 2.04. The summed E-state index contributed by atoms with van der Waals surface area (Å²) < 4.78 is 27.2. The normalized spacial score (nSPS) is 10.6. The highest BCUT2D eigenvalue weighted by molar-refractivity contribution is 7.11. The first-order valence-electron chi connectivity index (χ1n) is 5.98. The van der Waals surface area contributed by atoms with E-state index in [2.05, 4.69) is 10.3 Å². The van der Waals surface area contributed by atoms with Gasteiger partial charge < -0.3 is 11.1 Å². The third-order valence-electron chi connectivity index (χ3n) is 2.70. The Morgan fingerprint density at radius 3 is 2.85 bits per heavy atom. The van der Waals surface area contributed by atoms with Gasteiger partial charge in [0.05, 0.1) is 12.2 Å². The molecule has 1 amide bonds. The first-order valence-corrected chi connectivity index (χ1v) is 6.79. The van der Waals surface area contributed by atoms with Gasteiger partial charge in [-0.2, -0.15) is 0 Å². The maximum atomic E-state index is 13.7. The average Bonchev–Trinajstić information content (AvgIpc) is 2.89. The molecule has 4 nitrogen and oxygen atoms in total. The molecule has 2 aromatic rings. The highest BCUT2D eigenvalue weighted by atomic mass is 32.1. The molecule has 0 atom stereocenters. The number of nitrogens with one attached hydrogen (secondary N) is 1. The molecule has 0 bridgehead atoms. The number of aryl methyl sites for hydroxylation is 1. The number of benzene rings is 1. The van der Waals surface area contributed by atoms with Crippen molar-refractivity contribution >= 4 is 22.9 Å². The Balaban J connectivity index is 2.11. The molecule has 3 N–H and O–H groups in total. The van der Waals surface area contributed by atoms with E-state index in [0.717, 1.165) is 23.4 Å². The van der Waals surface area contributed by atoms with Crippen LogP contribution in [-0.4, -0.2) is 10.9 Å². The molecule has 0 saturated carbocycles. The molecule has 0 aliphatic rings. The van der Waals surface area contributed by atoms with Gasteiger partial charge in [-0.3, -0.25) is 4.79 Å². The van der Waals surface area contributed by atoms with Crippen LogP contribution in [0.1, 0.15) is 27.2 Å². The quantitative estimate of drug-likeness (QED) is 0.852. The number of amides is 1. The van der Waals surface area contributed by atoms with Crippen LogP contribution in [0.25, 0.3) is 0 Å². The van der Waals surface area contributed by atoms with E-state index in [1.54, 1.807) is 6.20 Å². The number of halogens is 2. The SMILES string of the molecule is CCc1cnc(CNC(=O)c2c(F)ccc(N)c2F)s1. The third-order valence-corrected chi connectivity index (χ3v) is 3.84. The Labute approximate surface area is 118 Å². The van der Waals surface area contributed by atoms with Gasteiger partial charge >= 0.3 is 0 Å². The smallest absolute Gasteiger partial charge is 0.257 e. The minimum absolute atomic E-state index is 0.122. The summed E-state index contributed by atoms with van der Waals surface area (Å²) in [6.45, 7) is 2.12. The largest absolute Gasteiger partial charge is 0.396 e. The van der Waals surface area contributed by atoms with Crippen LogP contribution in [0, 0.1) is 11.6 Å². The van der Waals surface area contributed by atoms with Crippen LogP contribution in [0.4, 0.5) is 14.5 Å². The van der Waals surface area contributed by atoms with Crippen LogP contribution in [0.15, 0.2) is 18.3 Å². The summed E-state index contributed by atoms with van der Waals surface area (Å²) >= 11 is 1.44. The summed E-state index contributed by atoms with van der Waals surface area (Å²) in [5.41, 5.74) is 4.39. The van der Waals surface area contributed by atoms with Gasteiger partial charge in [0.25, 0.3) is 5.91 Å². The molecule has 0 spiro atoms. The van der Waals surface area contributed by atoms with Crippen LogP contribution in [0.3, 0.4) is 0 Å². The predicted octanol–water partition coefficient (Wildman–Crippen LogP) is 2.50. The van der Waals surface area contributed by atoms with Gasteiger partial charge in [-0.25, -0.2) is 13.8 Å². The van der Waals surface area contributed by atoms with Crippen molar-refractivity contribution in [2.75, 3.05) is 5.73 Å². The number of nitrogens with two attached hydrogens (primary N) is 1. The highest BCUT2D eigenvalue weighted by Crippen LogP contribution is 2.19. The van der Waals surface area contributed by atoms with Crippen LogP contribution < -0.4 is 11.1 Å². The lowest BCUT2D eigenvalue weighted by Crippen LogP contribution is -2.25. The predicted molar refractivity (Wildman–Crippen MR) is 73.4 cm³/mol. The second-order valence-electron chi connectivity index (χ2n) is 4.08. The van der Waals surface area contributed by atoms with Gasteiger partial charge in [0.2, 0.25) is 0 Å². The molecule has 1 heterocycles. The van der Waals surface area contributed by atoms with Crippen LogP contribution in [-0.2, 0) is 13.0 Å². The third kappa shape index (κ3) is 2.93. The average molecular weight is 297 g/mol. The van der Waals surface area contributed by atoms with E-state index >= 15 is 0 Å². The molecule has 7 heteroatoms. The molecule has 0 fully saturated rings. The van der Waals surface area contributed by atoms with Gasteiger partial charge in [0.15, 0.2) is 5.82 Å². The fraction of sp³-hybridized carbons (Fsp3) is 0.231. The van der Waals surface area contributed by atoms with Gasteiger partial charge in [-0.1, -0.05) is 6.92 Å². The molecule has 1 aromatic carbocycles. The van der Waals surface area contributed by atoms with Crippen molar-refractivity contribution in [2.45, 2.75) is 19.9 Å². The van der Waals surface area contributed by atoms with Crippen molar-refractivity contribution in [1.82, 2.24) is 10.3 Å². The van der Waals surface area contributed by atoms with Gasteiger partial charge in [0, 0.05) is 11.1 Å². The Kier molecular flexibility index (Phi) is 4.29. The Bertz CT molecular complexity index is 643. The minimum Gasteiger partial charge on any atom is -0.396 e. The molecule has 0 unspecified atom stereocenters. The van der Waals surface area contributed by atoms with E-state index < -0.39 is 23.1 Å². The number of carbonyl (C=O) groups excluding carboxylic acids is 1. The van der Waals surface area contributed by atoms with E-state index in [0.29, 0.717) is 5.01 Å². The fourth-order valence-electron chi connectivity index (χ4n) is 1.61. The topological polar surface area (TPSA) is 68.0 Å². The molecular weight excluding hydrogens is 284 g/mol. The lowest BCUT2D eigenvalue weighted by atomic mass is 10.1. The first-order chi connectivity index (χ1) is 9.52. The second kappa shape index (κ2) is 5.96. The molecule has 0 saturated heterocycles. The van der Waals surface area contributed by atoms with Crippen molar-refractivity contribution in [3.05, 3.63) is 45.4 Å². The van der Waals surface area contributed by atoms with E-state index in [1.165, 1.54) is 11.3 Å². The standard InChI is InChI=1S/C13H13F2N3OS/c1-2-7-5-17-10(20-7)6-18-13(19)11-8(14)3-4-9(16)12(11)15/h3-5H,2,6,16H2,1H3,(H,18,19). The zero-order valence-corrected chi connectivity index (χ0v) is 11.6. The van der Waals surface area contributed by atoms with Gasteiger partial charge in [0.1, 0.15) is 16.4 Å². The molecular formula is C13H13F2N3OS. The van der Waals surface area contributed by atoms with E-state index in [9.17, 15) is 13.6 Å². The van der Waals surface area contributed by atoms with Crippen LogP contribution in [0.2, 0.25) is 0 Å². The van der Waals surface area contributed by atoms with Crippen LogP contribution in [0.5, 0.6) is 0 Å². The zero-order valence-electron chi connectivity index (χ0n) is 10.7. The van der Waals surface area contributed by atoms with Gasteiger partial charge in [-0.05, 0) is 18.6 Å². The lowest BCUT2D eigenvalue weighted by molar-refractivity contribution is 0.0942. The Morgan fingerprint density at radius 1 is 1.45 bits per heavy atom. The van der Waals surface area contributed by atoms with Crippen molar-refractivity contribution < 1.29 is 13.6 Å². The van der Waals surface area contributed by atoms with Crippen molar-refractivity contribution in [3.63, 3.8) is 0 Å². The number of thiazole rings is 1. The summed E-state index contributed by atoms with van der Waals surface area (Å²) in [6.07, 6.45) is 2.57. The number of hydrogen-bond acceptors (Lipinski definition) is 4. The first kappa shape index (κ1) is 14.4. The van der Waals surface area contributed by atoms with E-state index in [-0.39, 0.29) is 12.2 Å². The zero-order chi connectivity index (χ0) is 14.7. The molecule has 0 radical (unpaired) electrons. The highest BCUT2D eigenvalue weighted by Gasteiger charge is 2.19. The van der Waals surface area contributed by atoms with Crippen LogP contribution >= 0.6 is 11.3 Å².